The second-order valence-electron chi connectivity index (χ2n) is 4.54. The van der Waals surface area contributed by atoms with Crippen LogP contribution >= 0.6 is 0 Å². The van der Waals surface area contributed by atoms with E-state index in [9.17, 15) is 4.79 Å². The van der Waals surface area contributed by atoms with E-state index >= 15 is 0 Å². The molecule has 0 atom stereocenters. The lowest BCUT2D eigenvalue weighted by molar-refractivity contribution is 0.149. The number of ether oxygens (including phenoxy) is 2. The Morgan fingerprint density at radius 1 is 1.50 bits per heavy atom. The summed E-state index contributed by atoms with van der Waals surface area (Å²) in [4.78, 5) is 10.7. The number of carbonyl (C=O) groups is 1. The molecule has 94 valence electrons. The Balaban J connectivity index is 2.42. The second-order valence-corrected chi connectivity index (χ2v) is 4.54. The number of benzene rings is 1. The Kier molecular flexibility index (Phi) is 2.87. The highest BCUT2D eigenvalue weighted by molar-refractivity contribution is 5.71. The number of amides is 1. The monoisotopic (exact) mass is 245 g/mol. The number of carbonyl (C=O) groups excluding carboxylic acids is 1. The van der Waals surface area contributed by atoms with E-state index in [1.165, 1.54) is 0 Å². The molecule has 1 aliphatic heterocycles. The van der Waals surface area contributed by atoms with Crippen molar-refractivity contribution in [2.45, 2.75) is 19.4 Å². The molecule has 1 aliphatic rings. The standard InChI is InChI=1S/C14H15NO3/c1-4-10-7-9-5-6-11(17-13(15)16)8-12(9)18-14(10,2)3/h4-8H,1H2,2-3H3,(H2,15,16). The first-order valence-electron chi connectivity index (χ1n) is 5.57. The highest BCUT2D eigenvalue weighted by Gasteiger charge is 2.28. The Bertz CT molecular complexity index is 544. The van der Waals surface area contributed by atoms with Crippen LogP contribution in [-0.2, 0) is 0 Å². The van der Waals surface area contributed by atoms with Crippen LogP contribution in [0.25, 0.3) is 6.08 Å². The van der Waals surface area contributed by atoms with Crippen molar-refractivity contribution in [3.63, 3.8) is 0 Å². The molecule has 1 heterocycles. The SMILES string of the molecule is C=CC1=Cc2ccc(OC(N)=O)cc2OC1(C)C. The molecule has 0 aromatic heterocycles. The van der Waals surface area contributed by atoms with Gasteiger partial charge in [0.05, 0.1) is 0 Å². The van der Waals surface area contributed by atoms with E-state index in [1.807, 2.05) is 26.0 Å². The molecule has 0 spiro atoms. The first-order chi connectivity index (χ1) is 8.42. The van der Waals surface area contributed by atoms with Crippen LogP contribution in [0.15, 0.2) is 36.4 Å². The number of nitrogens with two attached hydrogens (primary N) is 1. The van der Waals surface area contributed by atoms with Gasteiger partial charge in [-0.1, -0.05) is 12.7 Å². The van der Waals surface area contributed by atoms with E-state index in [-0.39, 0.29) is 0 Å². The summed E-state index contributed by atoms with van der Waals surface area (Å²) in [6.07, 6.45) is 2.93. The first kappa shape index (κ1) is 12.2. The zero-order chi connectivity index (χ0) is 13.3. The van der Waals surface area contributed by atoms with E-state index in [0.29, 0.717) is 11.5 Å². The fraction of sp³-hybridized carbons (Fsp3) is 0.214. The lowest BCUT2D eigenvalue weighted by atomic mass is 9.92. The highest BCUT2D eigenvalue weighted by atomic mass is 16.5. The van der Waals surface area contributed by atoms with Gasteiger partial charge in [-0.15, -0.1) is 0 Å². The van der Waals surface area contributed by atoms with E-state index in [1.54, 1.807) is 18.2 Å². The van der Waals surface area contributed by atoms with Gasteiger partial charge in [0.25, 0.3) is 0 Å². The van der Waals surface area contributed by atoms with Crippen molar-refractivity contribution < 1.29 is 14.3 Å². The molecule has 2 rings (SSSR count). The smallest absolute Gasteiger partial charge is 0.409 e. The second kappa shape index (κ2) is 4.22. The number of fused-ring (bicyclic) bond motifs is 1. The van der Waals surface area contributed by atoms with Crippen LogP contribution < -0.4 is 15.2 Å². The van der Waals surface area contributed by atoms with Gasteiger partial charge in [0, 0.05) is 11.6 Å². The zero-order valence-electron chi connectivity index (χ0n) is 10.4. The summed E-state index contributed by atoms with van der Waals surface area (Å²) in [5.74, 6) is 1.02. The minimum Gasteiger partial charge on any atom is -0.482 e. The molecule has 0 bridgehead atoms. The third-order valence-electron chi connectivity index (χ3n) is 2.79. The largest absolute Gasteiger partial charge is 0.482 e. The van der Waals surface area contributed by atoms with Gasteiger partial charge >= 0.3 is 6.09 Å². The van der Waals surface area contributed by atoms with E-state index in [0.717, 1.165) is 11.1 Å². The number of primary amides is 1. The van der Waals surface area contributed by atoms with Gasteiger partial charge < -0.3 is 15.2 Å². The molecular formula is C14H15NO3. The van der Waals surface area contributed by atoms with Gasteiger partial charge in [0.1, 0.15) is 17.1 Å². The number of hydrogen-bond donors (Lipinski definition) is 1. The summed E-state index contributed by atoms with van der Waals surface area (Å²) in [6, 6.07) is 5.13. The highest BCUT2D eigenvalue weighted by Crippen LogP contribution is 2.37. The Morgan fingerprint density at radius 3 is 2.83 bits per heavy atom. The van der Waals surface area contributed by atoms with Crippen LogP contribution in [0.4, 0.5) is 4.79 Å². The molecule has 0 aliphatic carbocycles. The molecule has 0 saturated heterocycles. The predicted molar refractivity (Wildman–Crippen MR) is 69.5 cm³/mol. The molecule has 4 heteroatoms. The maximum absolute atomic E-state index is 10.7. The summed E-state index contributed by atoms with van der Waals surface area (Å²) < 4.78 is 10.7. The Labute approximate surface area is 106 Å². The average molecular weight is 245 g/mol. The summed E-state index contributed by atoms with van der Waals surface area (Å²) in [6.45, 7) is 7.67. The minimum absolute atomic E-state index is 0.368. The quantitative estimate of drug-likeness (QED) is 0.871. The summed E-state index contributed by atoms with van der Waals surface area (Å²) in [5.41, 5.74) is 6.43. The minimum atomic E-state index is -0.840. The predicted octanol–water partition coefficient (Wildman–Crippen LogP) is 2.88. The fourth-order valence-electron chi connectivity index (χ4n) is 1.88. The molecule has 0 unspecified atom stereocenters. The van der Waals surface area contributed by atoms with Gasteiger partial charge in [-0.05, 0) is 37.6 Å². The molecule has 0 saturated carbocycles. The number of hydrogen-bond acceptors (Lipinski definition) is 3. The third kappa shape index (κ3) is 2.22. The van der Waals surface area contributed by atoms with E-state index in [2.05, 4.69) is 6.58 Å². The van der Waals surface area contributed by atoms with Crippen molar-refractivity contribution in [2.75, 3.05) is 0 Å². The molecule has 0 radical (unpaired) electrons. The van der Waals surface area contributed by atoms with Crippen LogP contribution in [0.2, 0.25) is 0 Å². The topological polar surface area (TPSA) is 61.5 Å². The van der Waals surface area contributed by atoms with Crippen molar-refractivity contribution in [3.05, 3.63) is 42.0 Å². The molecule has 18 heavy (non-hydrogen) atoms. The molecular weight excluding hydrogens is 230 g/mol. The lowest BCUT2D eigenvalue weighted by Crippen LogP contribution is -2.32. The summed E-state index contributed by atoms with van der Waals surface area (Å²) in [7, 11) is 0. The molecule has 2 N–H and O–H groups in total. The van der Waals surface area contributed by atoms with Crippen molar-refractivity contribution in [2.24, 2.45) is 5.73 Å². The average Bonchev–Trinajstić information content (AvgIpc) is 2.26. The van der Waals surface area contributed by atoms with Crippen LogP contribution in [0.1, 0.15) is 19.4 Å². The summed E-state index contributed by atoms with van der Waals surface area (Å²) in [5, 5.41) is 0. The van der Waals surface area contributed by atoms with Crippen molar-refractivity contribution in [3.8, 4) is 11.5 Å². The van der Waals surface area contributed by atoms with Gasteiger partial charge in [-0.25, -0.2) is 4.79 Å². The van der Waals surface area contributed by atoms with Crippen LogP contribution in [0.5, 0.6) is 11.5 Å². The van der Waals surface area contributed by atoms with E-state index < -0.39 is 11.7 Å². The molecule has 1 amide bonds. The van der Waals surface area contributed by atoms with Crippen molar-refractivity contribution in [1.29, 1.82) is 0 Å². The molecule has 1 aromatic carbocycles. The maximum atomic E-state index is 10.7. The summed E-state index contributed by atoms with van der Waals surface area (Å²) >= 11 is 0. The normalized spacial score (nSPS) is 16.0. The Morgan fingerprint density at radius 2 is 2.22 bits per heavy atom. The molecule has 1 aromatic rings. The maximum Gasteiger partial charge on any atom is 0.409 e. The molecule has 4 nitrogen and oxygen atoms in total. The van der Waals surface area contributed by atoms with E-state index in [4.69, 9.17) is 15.2 Å². The molecule has 0 fully saturated rings. The zero-order valence-corrected chi connectivity index (χ0v) is 10.4. The number of rotatable bonds is 2. The van der Waals surface area contributed by atoms with Crippen LogP contribution in [0, 0.1) is 0 Å². The lowest BCUT2D eigenvalue weighted by Gasteiger charge is -2.32. The van der Waals surface area contributed by atoms with Gasteiger partial charge in [0.15, 0.2) is 0 Å². The van der Waals surface area contributed by atoms with Crippen LogP contribution in [-0.4, -0.2) is 11.7 Å². The third-order valence-corrected chi connectivity index (χ3v) is 2.79. The van der Waals surface area contributed by atoms with Crippen molar-refractivity contribution in [1.82, 2.24) is 0 Å². The first-order valence-corrected chi connectivity index (χ1v) is 5.57. The van der Waals surface area contributed by atoms with Gasteiger partial charge in [0.2, 0.25) is 0 Å². The van der Waals surface area contributed by atoms with Crippen LogP contribution in [0.3, 0.4) is 0 Å². The van der Waals surface area contributed by atoms with Gasteiger partial charge in [-0.2, -0.15) is 0 Å². The van der Waals surface area contributed by atoms with Crippen molar-refractivity contribution >= 4 is 12.2 Å². The Hall–Kier alpha value is -2.23. The fourth-order valence-corrected chi connectivity index (χ4v) is 1.88. The van der Waals surface area contributed by atoms with Gasteiger partial charge in [-0.3, -0.25) is 0 Å².